The first kappa shape index (κ1) is 11.1. The van der Waals surface area contributed by atoms with E-state index in [0.717, 1.165) is 25.1 Å². The summed E-state index contributed by atoms with van der Waals surface area (Å²) < 4.78 is 1.68. The van der Waals surface area contributed by atoms with E-state index in [4.69, 9.17) is 0 Å². The van der Waals surface area contributed by atoms with E-state index < -0.39 is 0 Å². The van der Waals surface area contributed by atoms with Gasteiger partial charge in [-0.2, -0.15) is 5.10 Å². The quantitative estimate of drug-likeness (QED) is 0.776. The number of carbonyl (C=O) groups excluding carboxylic acids is 1. The standard InChI is InChI=1S/C11H18N4O/c1-8-10(4-3-5-12-8)11(16)14-9-6-13-15(2)7-9/h6-8,10,12H,3-5H2,1-2H3,(H,14,16). The maximum Gasteiger partial charge on any atom is 0.229 e. The number of carbonyl (C=O) groups is 1. The van der Waals surface area contributed by atoms with Gasteiger partial charge in [0.2, 0.25) is 5.91 Å². The van der Waals surface area contributed by atoms with Crippen LogP contribution in [-0.4, -0.2) is 28.3 Å². The summed E-state index contributed by atoms with van der Waals surface area (Å²) in [5.74, 6) is 0.154. The van der Waals surface area contributed by atoms with Crippen molar-refractivity contribution >= 4 is 11.6 Å². The van der Waals surface area contributed by atoms with Gasteiger partial charge < -0.3 is 10.6 Å². The number of amides is 1. The van der Waals surface area contributed by atoms with Gasteiger partial charge in [-0.3, -0.25) is 9.48 Å². The summed E-state index contributed by atoms with van der Waals surface area (Å²) in [7, 11) is 1.83. The SMILES string of the molecule is CC1NCCCC1C(=O)Nc1cnn(C)c1. The average Bonchev–Trinajstić information content (AvgIpc) is 2.64. The molecule has 2 heterocycles. The van der Waals surface area contributed by atoms with Gasteiger partial charge in [0.1, 0.15) is 0 Å². The molecule has 5 nitrogen and oxygen atoms in total. The van der Waals surface area contributed by atoms with Crippen molar-refractivity contribution in [3.63, 3.8) is 0 Å². The smallest absolute Gasteiger partial charge is 0.229 e. The molecule has 1 aromatic heterocycles. The Morgan fingerprint density at radius 2 is 2.50 bits per heavy atom. The molecule has 1 aromatic rings. The summed E-state index contributed by atoms with van der Waals surface area (Å²) in [5, 5.41) is 10.2. The van der Waals surface area contributed by atoms with Crippen molar-refractivity contribution in [2.24, 2.45) is 13.0 Å². The first-order valence-electron chi connectivity index (χ1n) is 5.69. The Morgan fingerprint density at radius 1 is 1.69 bits per heavy atom. The zero-order valence-electron chi connectivity index (χ0n) is 9.73. The Kier molecular flexibility index (Phi) is 3.24. The summed E-state index contributed by atoms with van der Waals surface area (Å²) in [6, 6.07) is 0.255. The Bertz CT molecular complexity index is 374. The van der Waals surface area contributed by atoms with Crippen LogP contribution in [0.4, 0.5) is 5.69 Å². The summed E-state index contributed by atoms with van der Waals surface area (Å²) in [4.78, 5) is 12.0. The van der Waals surface area contributed by atoms with Crippen LogP contribution in [0.3, 0.4) is 0 Å². The zero-order valence-corrected chi connectivity index (χ0v) is 9.73. The molecule has 1 aliphatic rings. The van der Waals surface area contributed by atoms with Crippen molar-refractivity contribution in [3.8, 4) is 0 Å². The lowest BCUT2D eigenvalue weighted by Crippen LogP contribution is -2.44. The Balaban J connectivity index is 1.96. The predicted octanol–water partition coefficient (Wildman–Crippen LogP) is 0.747. The van der Waals surface area contributed by atoms with Crippen LogP contribution in [0.5, 0.6) is 0 Å². The number of nitrogens with zero attached hydrogens (tertiary/aromatic N) is 2. The number of piperidine rings is 1. The summed E-state index contributed by atoms with van der Waals surface area (Å²) in [6.07, 6.45) is 5.49. The number of hydrogen-bond donors (Lipinski definition) is 2. The monoisotopic (exact) mass is 222 g/mol. The molecule has 16 heavy (non-hydrogen) atoms. The molecule has 2 atom stereocenters. The molecule has 0 radical (unpaired) electrons. The maximum atomic E-state index is 12.0. The van der Waals surface area contributed by atoms with E-state index in [2.05, 4.69) is 22.7 Å². The van der Waals surface area contributed by atoms with Crippen molar-refractivity contribution in [2.75, 3.05) is 11.9 Å². The fourth-order valence-corrected chi connectivity index (χ4v) is 2.12. The van der Waals surface area contributed by atoms with E-state index in [1.165, 1.54) is 0 Å². The van der Waals surface area contributed by atoms with Gasteiger partial charge >= 0.3 is 0 Å². The average molecular weight is 222 g/mol. The Morgan fingerprint density at radius 3 is 3.12 bits per heavy atom. The Hall–Kier alpha value is -1.36. The van der Waals surface area contributed by atoms with E-state index in [1.807, 2.05) is 7.05 Å². The normalized spacial score (nSPS) is 25.4. The van der Waals surface area contributed by atoms with Gasteiger partial charge in [-0.25, -0.2) is 0 Å². The fourth-order valence-electron chi connectivity index (χ4n) is 2.12. The third kappa shape index (κ3) is 2.41. The highest BCUT2D eigenvalue weighted by molar-refractivity contribution is 5.92. The molecule has 5 heteroatoms. The van der Waals surface area contributed by atoms with Crippen molar-refractivity contribution in [3.05, 3.63) is 12.4 Å². The van der Waals surface area contributed by atoms with Gasteiger partial charge in [0.15, 0.2) is 0 Å². The molecular formula is C11H18N4O. The molecule has 0 aliphatic carbocycles. The van der Waals surface area contributed by atoms with Crippen molar-refractivity contribution in [1.82, 2.24) is 15.1 Å². The predicted molar refractivity (Wildman–Crippen MR) is 62.0 cm³/mol. The van der Waals surface area contributed by atoms with Crippen LogP contribution in [0.15, 0.2) is 12.4 Å². The molecule has 1 saturated heterocycles. The number of aryl methyl sites for hydroxylation is 1. The molecule has 1 fully saturated rings. The minimum atomic E-state index is 0.0638. The number of anilines is 1. The van der Waals surface area contributed by atoms with Crippen LogP contribution >= 0.6 is 0 Å². The highest BCUT2D eigenvalue weighted by Gasteiger charge is 2.27. The molecule has 2 rings (SSSR count). The second-order valence-electron chi connectivity index (χ2n) is 4.38. The van der Waals surface area contributed by atoms with Crippen molar-refractivity contribution in [1.29, 1.82) is 0 Å². The molecule has 0 saturated carbocycles. The van der Waals surface area contributed by atoms with Crippen LogP contribution in [0, 0.1) is 5.92 Å². The van der Waals surface area contributed by atoms with Gasteiger partial charge in [-0.15, -0.1) is 0 Å². The number of nitrogens with one attached hydrogen (secondary N) is 2. The van der Waals surface area contributed by atoms with Gasteiger partial charge in [-0.1, -0.05) is 0 Å². The second kappa shape index (κ2) is 4.65. The molecule has 0 aromatic carbocycles. The molecule has 0 bridgehead atoms. The molecule has 1 aliphatic heterocycles. The lowest BCUT2D eigenvalue weighted by molar-refractivity contribution is -0.121. The highest BCUT2D eigenvalue weighted by atomic mass is 16.1. The molecule has 1 amide bonds. The minimum absolute atomic E-state index is 0.0638. The summed E-state index contributed by atoms with van der Waals surface area (Å²) in [5.41, 5.74) is 0.769. The lowest BCUT2D eigenvalue weighted by atomic mass is 9.91. The minimum Gasteiger partial charge on any atom is -0.323 e. The van der Waals surface area contributed by atoms with Crippen LogP contribution in [0.1, 0.15) is 19.8 Å². The largest absolute Gasteiger partial charge is 0.323 e. The molecule has 88 valence electrons. The number of aromatic nitrogens is 2. The zero-order chi connectivity index (χ0) is 11.5. The van der Waals surface area contributed by atoms with Gasteiger partial charge in [-0.05, 0) is 26.3 Å². The van der Waals surface area contributed by atoms with E-state index in [0.29, 0.717) is 0 Å². The van der Waals surface area contributed by atoms with Gasteiger partial charge in [0.25, 0.3) is 0 Å². The number of rotatable bonds is 2. The first-order chi connectivity index (χ1) is 7.66. The molecule has 0 spiro atoms. The highest BCUT2D eigenvalue weighted by Crippen LogP contribution is 2.18. The van der Waals surface area contributed by atoms with E-state index >= 15 is 0 Å². The van der Waals surface area contributed by atoms with Gasteiger partial charge in [0, 0.05) is 19.3 Å². The van der Waals surface area contributed by atoms with Crippen LogP contribution in [-0.2, 0) is 11.8 Å². The summed E-state index contributed by atoms with van der Waals surface area (Å²) >= 11 is 0. The fraction of sp³-hybridized carbons (Fsp3) is 0.636. The molecule has 2 N–H and O–H groups in total. The second-order valence-corrected chi connectivity index (χ2v) is 4.38. The van der Waals surface area contributed by atoms with E-state index in [9.17, 15) is 4.79 Å². The Labute approximate surface area is 95.2 Å². The van der Waals surface area contributed by atoms with Crippen LogP contribution in [0.25, 0.3) is 0 Å². The molecule has 2 unspecified atom stereocenters. The molecular weight excluding hydrogens is 204 g/mol. The third-order valence-corrected chi connectivity index (χ3v) is 3.07. The lowest BCUT2D eigenvalue weighted by Gasteiger charge is -2.28. The van der Waals surface area contributed by atoms with Crippen LogP contribution in [0.2, 0.25) is 0 Å². The van der Waals surface area contributed by atoms with E-state index in [1.54, 1.807) is 17.1 Å². The van der Waals surface area contributed by atoms with Crippen molar-refractivity contribution in [2.45, 2.75) is 25.8 Å². The summed E-state index contributed by atoms with van der Waals surface area (Å²) in [6.45, 7) is 3.07. The van der Waals surface area contributed by atoms with Crippen molar-refractivity contribution < 1.29 is 4.79 Å². The van der Waals surface area contributed by atoms with Crippen LogP contribution < -0.4 is 10.6 Å². The maximum absolute atomic E-state index is 12.0. The van der Waals surface area contributed by atoms with E-state index in [-0.39, 0.29) is 17.9 Å². The van der Waals surface area contributed by atoms with Gasteiger partial charge in [0.05, 0.1) is 17.8 Å². The number of hydrogen-bond acceptors (Lipinski definition) is 3. The topological polar surface area (TPSA) is 59.0 Å². The first-order valence-corrected chi connectivity index (χ1v) is 5.69. The third-order valence-electron chi connectivity index (χ3n) is 3.07.